The summed E-state index contributed by atoms with van der Waals surface area (Å²) < 4.78 is 33.4. The van der Waals surface area contributed by atoms with Gasteiger partial charge in [0.15, 0.2) is 0 Å². The number of rotatable bonds is 2. The monoisotopic (exact) mass is 381 g/mol. The Morgan fingerprint density at radius 3 is 2.65 bits per heavy atom. The molecule has 112 valence electrons. The van der Waals surface area contributed by atoms with Crippen molar-refractivity contribution in [2.75, 3.05) is 13.1 Å². The Balaban J connectivity index is 2.39. The number of halogens is 2. The summed E-state index contributed by atoms with van der Waals surface area (Å²) in [5, 5.41) is 0.219. The molecule has 0 aliphatic carbocycles. The van der Waals surface area contributed by atoms with Crippen LogP contribution in [0.3, 0.4) is 0 Å². The lowest BCUT2D eigenvalue weighted by Gasteiger charge is -2.40. The second-order valence-corrected chi connectivity index (χ2v) is 8.79. The fraction of sp³-hybridized carbons (Fsp3) is 0.538. The van der Waals surface area contributed by atoms with Gasteiger partial charge in [0.25, 0.3) is 0 Å². The first kappa shape index (κ1) is 16.2. The van der Waals surface area contributed by atoms with Crippen LogP contribution >= 0.6 is 27.5 Å². The summed E-state index contributed by atoms with van der Waals surface area (Å²) in [4.78, 5) is 0.132. The minimum absolute atomic E-state index is 0.132. The van der Waals surface area contributed by atoms with Crippen molar-refractivity contribution in [1.82, 2.24) is 4.31 Å². The highest BCUT2D eigenvalue weighted by molar-refractivity contribution is 9.10. The van der Waals surface area contributed by atoms with Gasteiger partial charge in [-0.25, -0.2) is 8.42 Å². The fourth-order valence-electron chi connectivity index (χ4n) is 2.40. The van der Waals surface area contributed by atoms with Crippen molar-refractivity contribution >= 4 is 37.6 Å². The summed E-state index contributed by atoms with van der Waals surface area (Å²) in [5.41, 5.74) is -0.507. The smallest absolute Gasteiger partial charge is 0.244 e. The Labute approximate surface area is 133 Å². The molecule has 0 saturated carbocycles. The van der Waals surface area contributed by atoms with E-state index in [0.29, 0.717) is 13.1 Å². The molecule has 1 aliphatic rings. The molecule has 0 N–H and O–H groups in total. The van der Waals surface area contributed by atoms with E-state index in [0.717, 1.165) is 4.47 Å². The molecule has 0 amide bonds. The second kappa shape index (κ2) is 5.57. The zero-order chi connectivity index (χ0) is 15.1. The first-order valence-electron chi connectivity index (χ1n) is 6.25. The number of ether oxygens (including phenoxy) is 1. The zero-order valence-electron chi connectivity index (χ0n) is 11.6. The Bertz CT molecular complexity index is 618. The minimum atomic E-state index is -3.61. The van der Waals surface area contributed by atoms with E-state index >= 15 is 0 Å². The van der Waals surface area contributed by atoms with Gasteiger partial charge in [0.05, 0.1) is 16.7 Å². The molecule has 1 unspecified atom stereocenters. The predicted octanol–water partition coefficient (Wildman–Crippen LogP) is 3.29. The predicted molar refractivity (Wildman–Crippen MR) is 82.5 cm³/mol. The molecule has 0 radical (unpaired) electrons. The van der Waals surface area contributed by atoms with Crippen LogP contribution in [-0.2, 0) is 14.8 Å². The van der Waals surface area contributed by atoms with Gasteiger partial charge >= 0.3 is 0 Å². The number of nitrogens with zero attached hydrogens (tertiary/aromatic N) is 1. The van der Waals surface area contributed by atoms with E-state index in [4.69, 9.17) is 16.3 Å². The molecule has 4 nitrogen and oxygen atoms in total. The van der Waals surface area contributed by atoms with E-state index in [2.05, 4.69) is 15.9 Å². The SMILES string of the molecule is CC1CN(S(=O)(=O)c2ccc(Br)cc2Cl)CC(C)(C)O1. The van der Waals surface area contributed by atoms with Gasteiger partial charge in [-0.15, -0.1) is 0 Å². The third-order valence-electron chi connectivity index (χ3n) is 3.05. The van der Waals surface area contributed by atoms with Crippen LogP contribution in [-0.4, -0.2) is 37.5 Å². The van der Waals surface area contributed by atoms with Crippen molar-refractivity contribution in [1.29, 1.82) is 0 Å². The van der Waals surface area contributed by atoms with Crippen LogP contribution in [0.15, 0.2) is 27.6 Å². The standard InChI is InChI=1S/C13H17BrClNO3S/c1-9-7-16(8-13(2,3)19-9)20(17,18)12-5-4-10(14)6-11(12)15/h4-6,9H,7-8H2,1-3H3. The highest BCUT2D eigenvalue weighted by Gasteiger charge is 2.38. The maximum Gasteiger partial charge on any atom is 0.244 e. The topological polar surface area (TPSA) is 46.6 Å². The van der Waals surface area contributed by atoms with Gasteiger partial charge in [-0.1, -0.05) is 27.5 Å². The molecule has 1 fully saturated rings. The lowest BCUT2D eigenvalue weighted by atomic mass is 10.1. The van der Waals surface area contributed by atoms with Gasteiger partial charge in [0.1, 0.15) is 4.90 Å². The Kier molecular flexibility index (Phi) is 4.52. The molecular formula is C13H17BrClNO3S. The van der Waals surface area contributed by atoms with Gasteiger partial charge in [0.2, 0.25) is 10.0 Å². The number of hydrogen-bond acceptors (Lipinski definition) is 3. The summed E-state index contributed by atoms with van der Waals surface area (Å²) in [5.74, 6) is 0. The number of hydrogen-bond donors (Lipinski definition) is 0. The van der Waals surface area contributed by atoms with E-state index in [1.54, 1.807) is 12.1 Å². The first-order valence-corrected chi connectivity index (χ1v) is 8.86. The highest BCUT2D eigenvalue weighted by Crippen LogP contribution is 2.31. The molecule has 1 aliphatic heterocycles. The van der Waals surface area contributed by atoms with Crippen molar-refractivity contribution in [2.45, 2.75) is 37.4 Å². The maximum absolute atomic E-state index is 12.7. The fourth-order valence-corrected chi connectivity index (χ4v) is 5.08. The van der Waals surface area contributed by atoms with E-state index in [-0.39, 0.29) is 16.0 Å². The molecule has 1 heterocycles. The lowest BCUT2D eigenvalue weighted by molar-refractivity contribution is -0.109. The number of benzene rings is 1. The largest absolute Gasteiger partial charge is 0.370 e. The van der Waals surface area contributed by atoms with Crippen LogP contribution < -0.4 is 0 Å². The molecule has 0 spiro atoms. The van der Waals surface area contributed by atoms with Crippen molar-refractivity contribution < 1.29 is 13.2 Å². The van der Waals surface area contributed by atoms with Gasteiger partial charge in [-0.05, 0) is 39.0 Å². The molecule has 0 aromatic heterocycles. The van der Waals surface area contributed by atoms with Gasteiger partial charge < -0.3 is 4.74 Å². The van der Waals surface area contributed by atoms with E-state index in [9.17, 15) is 8.42 Å². The molecule has 7 heteroatoms. The number of morpholine rings is 1. The van der Waals surface area contributed by atoms with Crippen molar-refractivity contribution in [2.24, 2.45) is 0 Å². The maximum atomic E-state index is 12.7. The summed E-state index contributed by atoms with van der Waals surface area (Å²) in [6.07, 6.45) is -0.150. The molecule has 1 saturated heterocycles. The van der Waals surface area contributed by atoms with Gasteiger partial charge in [-0.2, -0.15) is 4.31 Å². The van der Waals surface area contributed by atoms with Gasteiger partial charge in [-0.3, -0.25) is 0 Å². The van der Waals surface area contributed by atoms with Crippen LogP contribution in [0.4, 0.5) is 0 Å². The molecule has 1 aromatic carbocycles. The third-order valence-corrected chi connectivity index (χ3v) is 5.84. The first-order chi connectivity index (χ1) is 9.12. The average Bonchev–Trinajstić information content (AvgIpc) is 2.25. The van der Waals surface area contributed by atoms with E-state index in [1.165, 1.54) is 10.4 Å². The lowest BCUT2D eigenvalue weighted by Crippen LogP contribution is -2.53. The Morgan fingerprint density at radius 2 is 2.10 bits per heavy atom. The van der Waals surface area contributed by atoms with E-state index in [1.807, 2.05) is 20.8 Å². The minimum Gasteiger partial charge on any atom is -0.370 e. The van der Waals surface area contributed by atoms with Crippen molar-refractivity contribution in [3.8, 4) is 0 Å². The third kappa shape index (κ3) is 3.36. The Morgan fingerprint density at radius 1 is 1.45 bits per heavy atom. The Hall–Kier alpha value is -0.140. The highest BCUT2D eigenvalue weighted by atomic mass is 79.9. The molecule has 20 heavy (non-hydrogen) atoms. The van der Waals surface area contributed by atoms with Crippen LogP contribution in [0.1, 0.15) is 20.8 Å². The molecule has 2 rings (SSSR count). The van der Waals surface area contributed by atoms with Crippen LogP contribution in [0.25, 0.3) is 0 Å². The van der Waals surface area contributed by atoms with E-state index < -0.39 is 15.6 Å². The molecular weight excluding hydrogens is 366 g/mol. The molecule has 0 bridgehead atoms. The summed E-state index contributed by atoms with van der Waals surface area (Å²) >= 11 is 9.35. The summed E-state index contributed by atoms with van der Waals surface area (Å²) in [7, 11) is -3.61. The van der Waals surface area contributed by atoms with Crippen LogP contribution in [0.2, 0.25) is 5.02 Å². The van der Waals surface area contributed by atoms with Crippen molar-refractivity contribution in [3.63, 3.8) is 0 Å². The number of sulfonamides is 1. The van der Waals surface area contributed by atoms with Gasteiger partial charge in [0, 0.05) is 17.6 Å². The zero-order valence-corrected chi connectivity index (χ0v) is 14.7. The molecule has 1 atom stereocenters. The van der Waals surface area contributed by atoms with Crippen molar-refractivity contribution in [3.05, 3.63) is 27.7 Å². The van der Waals surface area contributed by atoms with Crippen LogP contribution in [0.5, 0.6) is 0 Å². The normalized spacial score (nSPS) is 23.8. The molecule has 1 aromatic rings. The van der Waals surface area contributed by atoms with Crippen LogP contribution in [0, 0.1) is 0 Å². The average molecular weight is 383 g/mol. The summed E-state index contributed by atoms with van der Waals surface area (Å²) in [6, 6.07) is 4.78. The quantitative estimate of drug-likeness (QED) is 0.788. The second-order valence-electron chi connectivity index (χ2n) is 5.56. The summed E-state index contributed by atoms with van der Waals surface area (Å²) in [6.45, 7) is 6.28.